The fraction of sp³-hybridized carbons (Fsp3) is 0.636. The molecule has 0 aromatic carbocycles. The number of aromatic nitrogens is 1. The maximum absolute atomic E-state index is 11.7. The highest BCUT2D eigenvalue weighted by molar-refractivity contribution is 7.14. The van der Waals surface area contributed by atoms with Crippen LogP contribution in [-0.4, -0.2) is 17.4 Å². The molecule has 2 aliphatic rings. The van der Waals surface area contributed by atoms with Crippen LogP contribution < -0.4 is 5.32 Å². The van der Waals surface area contributed by atoms with Crippen molar-refractivity contribution in [2.75, 3.05) is 6.54 Å². The number of amides is 1. The van der Waals surface area contributed by atoms with Crippen molar-refractivity contribution in [3.63, 3.8) is 0 Å². The summed E-state index contributed by atoms with van der Waals surface area (Å²) in [6, 6.07) is 0. The fourth-order valence-electron chi connectivity index (χ4n) is 2.07. The SMILES string of the molecule is CC(C)c1nc2c(s1)C(=O)NCC21CC1. The van der Waals surface area contributed by atoms with E-state index < -0.39 is 0 Å². The van der Waals surface area contributed by atoms with Gasteiger partial charge in [-0.3, -0.25) is 4.79 Å². The monoisotopic (exact) mass is 222 g/mol. The molecule has 0 saturated heterocycles. The topological polar surface area (TPSA) is 42.0 Å². The quantitative estimate of drug-likeness (QED) is 0.790. The van der Waals surface area contributed by atoms with E-state index in [1.54, 1.807) is 11.3 Å². The number of carbonyl (C=O) groups is 1. The van der Waals surface area contributed by atoms with Crippen LogP contribution in [0.5, 0.6) is 0 Å². The van der Waals surface area contributed by atoms with Crippen LogP contribution in [0.15, 0.2) is 0 Å². The lowest BCUT2D eigenvalue weighted by Gasteiger charge is -2.20. The summed E-state index contributed by atoms with van der Waals surface area (Å²) < 4.78 is 0. The van der Waals surface area contributed by atoms with Gasteiger partial charge in [0.2, 0.25) is 0 Å². The van der Waals surface area contributed by atoms with E-state index in [1.807, 2.05) is 0 Å². The zero-order valence-corrected chi connectivity index (χ0v) is 9.78. The Morgan fingerprint density at radius 2 is 2.20 bits per heavy atom. The molecule has 1 amide bonds. The number of nitrogens with one attached hydrogen (secondary N) is 1. The molecule has 0 atom stereocenters. The van der Waals surface area contributed by atoms with Gasteiger partial charge in [-0.15, -0.1) is 11.3 Å². The summed E-state index contributed by atoms with van der Waals surface area (Å²) in [7, 11) is 0. The van der Waals surface area contributed by atoms with Crippen LogP contribution in [0.25, 0.3) is 0 Å². The first-order chi connectivity index (χ1) is 7.12. The molecule has 4 heteroatoms. The van der Waals surface area contributed by atoms with Crippen molar-refractivity contribution in [1.82, 2.24) is 10.3 Å². The lowest BCUT2D eigenvalue weighted by Crippen LogP contribution is -2.38. The van der Waals surface area contributed by atoms with Gasteiger partial charge in [-0.2, -0.15) is 0 Å². The molecule has 0 radical (unpaired) electrons. The normalized spacial score (nSPS) is 21.7. The summed E-state index contributed by atoms with van der Waals surface area (Å²) in [6.45, 7) is 5.05. The molecule has 15 heavy (non-hydrogen) atoms. The van der Waals surface area contributed by atoms with Crippen molar-refractivity contribution >= 4 is 17.2 Å². The second-order valence-electron chi connectivity index (χ2n) is 4.85. The Kier molecular flexibility index (Phi) is 1.75. The van der Waals surface area contributed by atoms with E-state index in [0.29, 0.717) is 5.92 Å². The van der Waals surface area contributed by atoms with Crippen LogP contribution in [0.4, 0.5) is 0 Å². The molecule has 1 aliphatic heterocycles. The van der Waals surface area contributed by atoms with Gasteiger partial charge in [-0.05, 0) is 12.8 Å². The van der Waals surface area contributed by atoms with E-state index in [4.69, 9.17) is 0 Å². The molecular weight excluding hydrogens is 208 g/mol. The fourth-order valence-corrected chi connectivity index (χ4v) is 3.18. The van der Waals surface area contributed by atoms with E-state index in [2.05, 4.69) is 24.1 Å². The molecule has 1 saturated carbocycles. The molecular formula is C11H14N2OS. The number of hydrogen-bond acceptors (Lipinski definition) is 3. The molecule has 0 bridgehead atoms. The number of hydrogen-bond donors (Lipinski definition) is 1. The van der Waals surface area contributed by atoms with E-state index in [9.17, 15) is 4.79 Å². The lowest BCUT2D eigenvalue weighted by atomic mass is 9.98. The summed E-state index contributed by atoms with van der Waals surface area (Å²) in [5.74, 6) is 0.496. The van der Waals surface area contributed by atoms with Gasteiger partial charge in [0, 0.05) is 17.9 Å². The summed E-state index contributed by atoms with van der Waals surface area (Å²) in [6.07, 6.45) is 2.36. The van der Waals surface area contributed by atoms with Gasteiger partial charge < -0.3 is 5.32 Å². The smallest absolute Gasteiger partial charge is 0.263 e. The predicted octanol–water partition coefficient (Wildman–Crippen LogP) is 2.04. The minimum absolute atomic E-state index is 0.0759. The largest absolute Gasteiger partial charge is 0.350 e. The van der Waals surface area contributed by atoms with E-state index >= 15 is 0 Å². The molecule has 1 aliphatic carbocycles. The minimum Gasteiger partial charge on any atom is -0.350 e. The average Bonchev–Trinajstić information content (AvgIpc) is 2.80. The molecule has 1 N–H and O–H groups in total. The van der Waals surface area contributed by atoms with E-state index in [1.165, 1.54) is 12.8 Å². The average molecular weight is 222 g/mol. The molecule has 1 fully saturated rings. The Morgan fingerprint density at radius 1 is 1.47 bits per heavy atom. The lowest BCUT2D eigenvalue weighted by molar-refractivity contribution is 0.0941. The molecule has 3 nitrogen and oxygen atoms in total. The standard InChI is InChI=1S/C11H14N2OS/c1-6(2)10-13-8-7(15-10)9(14)12-5-11(8)3-4-11/h6H,3-5H2,1-2H3,(H,12,14). The van der Waals surface area contributed by atoms with Gasteiger partial charge in [0.1, 0.15) is 4.88 Å². The Labute approximate surface area is 92.9 Å². The summed E-state index contributed by atoms with van der Waals surface area (Å²) in [5, 5.41) is 4.08. The van der Waals surface area contributed by atoms with Crippen LogP contribution in [0, 0.1) is 0 Å². The first kappa shape index (κ1) is 9.33. The van der Waals surface area contributed by atoms with Crippen molar-refractivity contribution in [3.8, 4) is 0 Å². The molecule has 2 heterocycles. The second-order valence-corrected chi connectivity index (χ2v) is 5.88. The van der Waals surface area contributed by atoms with Crippen LogP contribution in [0.3, 0.4) is 0 Å². The van der Waals surface area contributed by atoms with Crippen molar-refractivity contribution < 1.29 is 4.79 Å². The molecule has 1 aromatic heterocycles. The summed E-state index contributed by atoms with van der Waals surface area (Å²) >= 11 is 1.57. The highest BCUT2D eigenvalue weighted by Crippen LogP contribution is 2.51. The van der Waals surface area contributed by atoms with Gasteiger partial charge >= 0.3 is 0 Å². The Hall–Kier alpha value is -0.900. The molecule has 1 spiro atoms. The van der Waals surface area contributed by atoms with Crippen LogP contribution in [-0.2, 0) is 5.41 Å². The van der Waals surface area contributed by atoms with E-state index in [0.717, 1.165) is 22.1 Å². The first-order valence-electron chi connectivity index (χ1n) is 5.42. The molecule has 0 unspecified atom stereocenters. The summed E-state index contributed by atoms with van der Waals surface area (Å²) in [4.78, 5) is 17.2. The minimum atomic E-state index is 0.0759. The van der Waals surface area contributed by atoms with Crippen molar-refractivity contribution in [2.45, 2.75) is 38.0 Å². The Bertz CT molecular complexity index is 432. The van der Waals surface area contributed by atoms with Gasteiger partial charge in [0.25, 0.3) is 5.91 Å². The summed E-state index contributed by atoms with van der Waals surface area (Å²) in [5.41, 5.74) is 1.30. The molecule has 80 valence electrons. The van der Waals surface area contributed by atoms with Gasteiger partial charge in [-0.1, -0.05) is 13.8 Å². The van der Waals surface area contributed by atoms with Gasteiger partial charge in [-0.25, -0.2) is 4.98 Å². The van der Waals surface area contributed by atoms with Crippen molar-refractivity contribution in [2.24, 2.45) is 0 Å². The number of thiazole rings is 1. The van der Waals surface area contributed by atoms with Crippen LogP contribution in [0.1, 0.15) is 53.0 Å². The number of carbonyl (C=O) groups excluding carboxylic acids is 1. The zero-order chi connectivity index (χ0) is 10.6. The number of rotatable bonds is 1. The molecule has 3 rings (SSSR count). The Morgan fingerprint density at radius 3 is 2.80 bits per heavy atom. The third-order valence-electron chi connectivity index (χ3n) is 3.29. The highest BCUT2D eigenvalue weighted by atomic mass is 32.1. The second kappa shape index (κ2) is 2.82. The van der Waals surface area contributed by atoms with Crippen LogP contribution >= 0.6 is 11.3 Å². The highest BCUT2D eigenvalue weighted by Gasteiger charge is 2.51. The third-order valence-corrected chi connectivity index (χ3v) is 4.64. The number of fused-ring (bicyclic) bond motifs is 2. The van der Waals surface area contributed by atoms with Crippen molar-refractivity contribution in [1.29, 1.82) is 0 Å². The van der Waals surface area contributed by atoms with Gasteiger partial charge in [0.05, 0.1) is 10.7 Å². The van der Waals surface area contributed by atoms with Gasteiger partial charge in [0.15, 0.2) is 0 Å². The Balaban J connectivity index is 2.12. The van der Waals surface area contributed by atoms with Crippen molar-refractivity contribution in [3.05, 3.63) is 15.6 Å². The maximum Gasteiger partial charge on any atom is 0.263 e. The predicted molar refractivity (Wildman–Crippen MR) is 59.4 cm³/mol. The first-order valence-corrected chi connectivity index (χ1v) is 6.23. The maximum atomic E-state index is 11.7. The van der Waals surface area contributed by atoms with Crippen LogP contribution in [0.2, 0.25) is 0 Å². The molecule has 1 aromatic rings. The zero-order valence-electron chi connectivity index (χ0n) is 8.96. The van der Waals surface area contributed by atoms with E-state index in [-0.39, 0.29) is 11.3 Å². The number of nitrogens with zero attached hydrogens (tertiary/aromatic N) is 1. The third kappa shape index (κ3) is 1.24.